The third kappa shape index (κ3) is 6.04. The van der Waals surface area contributed by atoms with Gasteiger partial charge in [-0.15, -0.1) is 0 Å². The number of aliphatic hydroxyl groups is 1. The summed E-state index contributed by atoms with van der Waals surface area (Å²) in [5.74, 6) is 0.981. The van der Waals surface area contributed by atoms with Gasteiger partial charge in [-0.3, -0.25) is 0 Å². The van der Waals surface area contributed by atoms with Crippen LogP contribution >= 0.6 is 0 Å². The van der Waals surface area contributed by atoms with Crippen molar-refractivity contribution in [2.75, 3.05) is 27.7 Å². The Labute approximate surface area is 151 Å². The third-order valence-electron chi connectivity index (χ3n) is 4.17. The van der Waals surface area contributed by atoms with Crippen LogP contribution in [-0.4, -0.2) is 43.9 Å². The van der Waals surface area contributed by atoms with Gasteiger partial charge in [0.15, 0.2) is 0 Å². The predicted molar refractivity (Wildman–Crippen MR) is 105 cm³/mol. The molecule has 0 fully saturated rings. The van der Waals surface area contributed by atoms with E-state index in [4.69, 9.17) is 4.74 Å². The maximum Gasteiger partial charge on any atom is 0.119 e. The molecule has 0 heterocycles. The number of methoxy groups -OCH3 is 1. The fourth-order valence-corrected chi connectivity index (χ4v) is 3.09. The zero-order valence-electron chi connectivity index (χ0n) is 15.6. The molecule has 0 aliphatic carbocycles. The Balaban J connectivity index is 2.47. The first-order valence-electron chi connectivity index (χ1n) is 8.72. The summed E-state index contributed by atoms with van der Waals surface area (Å²) >= 11 is 0. The van der Waals surface area contributed by atoms with Crippen LogP contribution in [0.3, 0.4) is 0 Å². The number of aliphatic hydroxyl groups excluding tert-OH is 1. The lowest BCUT2D eigenvalue weighted by atomic mass is 9.85. The molecule has 0 bridgehead atoms. The molecule has 25 heavy (non-hydrogen) atoms. The largest absolute Gasteiger partial charge is 0.497 e. The van der Waals surface area contributed by atoms with E-state index in [0.717, 1.165) is 12.3 Å². The van der Waals surface area contributed by atoms with E-state index in [1.54, 1.807) is 7.11 Å². The third-order valence-corrected chi connectivity index (χ3v) is 4.17. The molecule has 0 saturated heterocycles. The van der Waals surface area contributed by atoms with Crippen molar-refractivity contribution < 1.29 is 9.84 Å². The van der Waals surface area contributed by atoms with Crippen molar-refractivity contribution in [2.45, 2.75) is 25.4 Å². The molecular weight excluding hydrogens is 310 g/mol. The zero-order valence-corrected chi connectivity index (χ0v) is 15.6. The number of ether oxygens (including phenoxy) is 1. The maximum absolute atomic E-state index is 10.1. The van der Waals surface area contributed by atoms with Gasteiger partial charge in [-0.05, 0) is 56.3 Å². The van der Waals surface area contributed by atoms with E-state index in [1.165, 1.54) is 16.7 Å². The van der Waals surface area contributed by atoms with Crippen LogP contribution in [0.2, 0.25) is 0 Å². The van der Waals surface area contributed by atoms with Crippen molar-refractivity contribution in [3.05, 3.63) is 71.3 Å². The lowest BCUT2D eigenvalue weighted by molar-refractivity contribution is 0.177. The van der Waals surface area contributed by atoms with Crippen molar-refractivity contribution in [3.8, 4) is 5.75 Å². The fourth-order valence-electron chi connectivity index (χ4n) is 3.09. The van der Waals surface area contributed by atoms with Gasteiger partial charge in [-0.1, -0.05) is 48.5 Å². The minimum absolute atomic E-state index is 0.137. The summed E-state index contributed by atoms with van der Waals surface area (Å²) in [6.45, 7) is 2.69. The Kier molecular flexibility index (Phi) is 7.23. The van der Waals surface area contributed by atoms with Gasteiger partial charge in [0.25, 0.3) is 0 Å². The smallest absolute Gasteiger partial charge is 0.119 e. The molecule has 2 atom stereocenters. The second-order valence-corrected chi connectivity index (χ2v) is 6.78. The van der Waals surface area contributed by atoms with E-state index >= 15 is 0 Å². The van der Waals surface area contributed by atoms with Crippen LogP contribution in [-0.2, 0) is 0 Å². The number of rotatable bonds is 8. The second kappa shape index (κ2) is 9.40. The normalized spacial score (nSPS) is 14.4. The van der Waals surface area contributed by atoms with Crippen LogP contribution in [0.25, 0.3) is 6.08 Å². The highest BCUT2D eigenvalue weighted by molar-refractivity contribution is 5.56. The Bertz CT molecular complexity index is 677. The molecule has 0 aliphatic rings. The first-order valence-corrected chi connectivity index (χ1v) is 8.72. The Morgan fingerprint density at radius 2 is 1.84 bits per heavy atom. The van der Waals surface area contributed by atoms with Gasteiger partial charge in [0.1, 0.15) is 5.75 Å². The molecule has 134 valence electrons. The van der Waals surface area contributed by atoms with Crippen molar-refractivity contribution in [1.82, 2.24) is 4.90 Å². The van der Waals surface area contributed by atoms with E-state index < -0.39 is 0 Å². The molecule has 2 aromatic carbocycles. The maximum atomic E-state index is 10.1. The van der Waals surface area contributed by atoms with Gasteiger partial charge >= 0.3 is 0 Å². The second-order valence-electron chi connectivity index (χ2n) is 6.78. The summed E-state index contributed by atoms with van der Waals surface area (Å²) in [5, 5.41) is 10.1. The highest BCUT2D eigenvalue weighted by Gasteiger charge is 2.20. The first-order chi connectivity index (χ1) is 12.0. The molecule has 0 amide bonds. The summed E-state index contributed by atoms with van der Waals surface area (Å²) in [6, 6.07) is 18.5. The molecule has 3 heteroatoms. The highest BCUT2D eigenvalue weighted by atomic mass is 16.5. The van der Waals surface area contributed by atoms with E-state index in [-0.39, 0.29) is 12.0 Å². The van der Waals surface area contributed by atoms with Crippen molar-refractivity contribution in [1.29, 1.82) is 0 Å². The number of hydrogen-bond acceptors (Lipinski definition) is 3. The lowest BCUT2D eigenvalue weighted by Crippen LogP contribution is -2.21. The van der Waals surface area contributed by atoms with Crippen LogP contribution in [0.5, 0.6) is 5.75 Å². The number of likely N-dealkylation sites (N-methyl/N-ethyl adjacent to an activating group) is 1. The lowest BCUT2D eigenvalue weighted by Gasteiger charge is -2.25. The summed E-state index contributed by atoms with van der Waals surface area (Å²) in [5.41, 5.74) is 3.63. The molecule has 2 unspecified atom stereocenters. The average molecular weight is 339 g/mol. The minimum Gasteiger partial charge on any atom is -0.497 e. The minimum atomic E-state index is -0.377. The van der Waals surface area contributed by atoms with Gasteiger partial charge < -0.3 is 14.7 Å². The molecule has 2 rings (SSSR count). The average Bonchev–Trinajstić information content (AvgIpc) is 2.59. The molecular formula is C22H29NO2. The summed E-state index contributed by atoms with van der Waals surface area (Å²) in [6.07, 6.45) is 2.55. The topological polar surface area (TPSA) is 32.7 Å². The van der Waals surface area contributed by atoms with Crippen LogP contribution in [0.15, 0.2) is 60.2 Å². The molecule has 0 radical (unpaired) electrons. The molecule has 0 saturated carbocycles. The zero-order chi connectivity index (χ0) is 18.2. The summed E-state index contributed by atoms with van der Waals surface area (Å²) in [4.78, 5) is 2.17. The van der Waals surface area contributed by atoms with Crippen LogP contribution < -0.4 is 4.74 Å². The van der Waals surface area contributed by atoms with Gasteiger partial charge in [0.2, 0.25) is 0 Å². The van der Waals surface area contributed by atoms with E-state index in [1.807, 2.05) is 37.3 Å². The molecule has 1 N–H and O–H groups in total. The quantitative estimate of drug-likeness (QED) is 0.782. The van der Waals surface area contributed by atoms with Crippen LogP contribution in [0.1, 0.15) is 30.4 Å². The van der Waals surface area contributed by atoms with Crippen LogP contribution in [0, 0.1) is 0 Å². The highest BCUT2D eigenvalue weighted by Crippen LogP contribution is 2.33. The standard InChI is InChI=1S/C22H29NO2/c1-17(24)13-22(19-11-8-12-21(15-19)25-4)20(16-23(2)3)14-18-9-6-5-7-10-18/h5-12,14-15,17,22,24H,13,16H2,1-4H3. The van der Waals surface area contributed by atoms with Gasteiger partial charge in [0, 0.05) is 12.5 Å². The van der Waals surface area contributed by atoms with E-state index in [0.29, 0.717) is 6.42 Å². The van der Waals surface area contributed by atoms with Gasteiger partial charge in [-0.25, -0.2) is 0 Å². The Morgan fingerprint density at radius 1 is 1.12 bits per heavy atom. The van der Waals surface area contributed by atoms with Crippen LogP contribution in [0.4, 0.5) is 0 Å². The summed E-state index contributed by atoms with van der Waals surface area (Å²) in [7, 11) is 5.83. The fraction of sp³-hybridized carbons (Fsp3) is 0.364. The SMILES string of the molecule is COc1cccc(C(CC(C)O)C(=Cc2ccccc2)CN(C)C)c1. The van der Waals surface area contributed by atoms with Crippen molar-refractivity contribution in [3.63, 3.8) is 0 Å². The first kappa shape index (κ1) is 19.2. The van der Waals surface area contributed by atoms with Gasteiger partial charge in [0.05, 0.1) is 13.2 Å². The van der Waals surface area contributed by atoms with E-state index in [2.05, 4.69) is 49.3 Å². The predicted octanol–water partition coefficient (Wildman–Crippen LogP) is 4.19. The number of nitrogens with zero attached hydrogens (tertiary/aromatic N) is 1. The monoisotopic (exact) mass is 339 g/mol. The molecule has 3 nitrogen and oxygen atoms in total. The van der Waals surface area contributed by atoms with Crippen molar-refractivity contribution in [2.24, 2.45) is 0 Å². The number of hydrogen-bond donors (Lipinski definition) is 1. The van der Waals surface area contributed by atoms with E-state index in [9.17, 15) is 5.11 Å². The van der Waals surface area contributed by atoms with Crippen molar-refractivity contribution >= 4 is 6.08 Å². The molecule has 0 aliphatic heterocycles. The molecule has 0 spiro atoms. The van der Waals surface area contributed by atoms with Gasteiger partial charge in [-0.2, -0.15) is 0 Å². The Morgan fingerprint density at radius 3 is 2.44 bits per heavy atom. The summed E-state index contributed by atoms with van der Waals surface area (Å²) < 4.78 is 5.40. The molecule has 0 aromatic heterocycles. The Hall–Kier alpha value is -2.10. The molecule has 2 aromatic rings. The number of benzene rings is 2.